The van der Waals surface area contributed by atoms with E-state index in [1.165, 1.54) is 0 Å². The van der Waals surface area contributed by atoms with E-state index in [2.05, 4.69) is 45.3 Å². The second-order valence-electron chi connectivity index (χ2n) is 7.19. The van der Waals surface area contributed by atoms with Crippen molar-refractivity contribution < 1.29 is 5.11 Å². The van der Waals surface area contributed by atoms with Gasteiger partial charge >= 0.3 is 0 Å². The third-order valence-electron chi connectivity index (χ3n) is 4.20. The highest BCUT2D eigenvalue weighted by molar-refractivity contribution is 6.87. The van der Waals surface area contributed by atoms with Crippen molar-refractivity contribution in [1.29, 1.82) is 0 Å². The van der Waals surface area contributed by atoms with Crippen LogP contribution in [0, 0.1) is 11.5 Å². The van der Waals surface area contributed by atoms with Gasteiger partial charge in [-0.05, 0) is 29.7 Å². The summed E-state index contributed by atoms with van der Waals surface area (Å²) in [5, 5.41) is 11.0. The Bertz CT molecular complexity index is 594. The molecule has 1 nitrogen and oxygen atoms in total. The van der Waals surface area contributed by atoms with E-state index < -0.39 is 13.7 Å². The molecule has 1 rings (SSSR count). The third-order valence-corrected chi connectivity index (χ3v) is 8.70. The van der Waals surface area contributed by atoms with E-state index in [1.54, 1.807) is 12.2 Å². The molecule has 0 saturated heterocycles. The minimum atomic E-state index is -1.74. The van der Waals surface area contributed by atoms with Gasteiger partial charge in [0.2, 0.25) is 0 Å². The van der Waals surface area contributed by atoms with Gasteiger partial charge < -0.3 is 5.11 Å². The van der Waals surface area contributed by atoms with Gasteiger partial charge in [0.25, 0.3) is 0 Å². The normalized spacial score (nSPS) is 15.6. The van der Waals surface area contributed by atoms with Crippen LogP contribution in [0.4, 0.5) is 0 Å². The van der Waals surface area contributed by atoms with Crippen molar-refractivity contribution in [2.75, 3.05) is 0 Å². The molecule has 0 spiro atoms. The average molecular weight is 313 g/mol. The highest BCUT2D eigenvalue weighted by Crippen LogP contribution is 2.35. The number of benzene rings is 1. The average Bonchev–Trinajstić information content (AvgIpc) is 2.44. The van der Waals surface area contributed by atoms with Crippen molar-refractivity contribution in [3.05, 3.63) is 54.1 Å². The van der Waals surface area contributed by atoms with Gasteiger partial charge in [0, 0.05) is 0 Å². The van der Waals surface area contributed by atoms with Crippen LogP contribution in [-0.2, 0) is 0 Å². The molecular formula is C20H28OSi. The Morgan fingerprint density at radius 1 is 1.05 bits per heavy atom. The maximum absolute atomic E-state index is 10.8. The molecule has 0 heterocycles. The standard InChI is InChI=1S/C20H28OSi/c1-7-14-20(21,15-13-18-11-9-8-10-12-18)16-17-22(5,6)19(2,3)4/h7-15,21H,1-6H3/b14-7-,15-13+. The summed E-state index contributed by atoms with van der Waals surface area (Å²) in [5.41, 5.74) is 3.24. The lowest BCUT2D eigenvalue weighted by Gasteiger charge is -2.32. The molecule has 0 saturated carbocycles. The molecule has 0 amide bonds. The molecule has 22 heavy (non-hydrogen) atoms. The van der Waals surface area contributed by atoms with Crippen LogP contribution in [0.25, 0.3) is 6.08 Å². The second-order valence-corrected chi connectivity index (χ2v) is 12.2. The van der Waals surface area contributed by atoms with E-state index >= 15 is 0 Å². The predicted molar refractivity (Wildman–Crippen MR) is 100 cm³/mol. The van der Waals surface area contributed by atoms with Crippen LogP contribution in [0.3, 0.4) is 0 Å². The van der Waals surface area contributed by atoms with Gasteiger partial charge in [-0.1, -0.05) is 82.3 Å². The van der Waals surface area contributed by atoms with Gasteiger partial charge in [0.15, 0.2) is 5.60 Å². The van der Waals surface area contributed by atoms with E-state index in [9.17, 15) is 5.11 Å². The highest BCUT2D eigenvalue weighted by atomic mass is 28.3. The van der Waals surface area contributed by atoms with Gasteiger partial charge in [-0.2, -0.15) is 0 Å². The van der Waals surface area contributed by atoms with E-state index in [1.807, 2.05) is 49.4 Å². The lowest BCUT2D eigenvalue weighted by Crippen LogP contribution is -2.36. The van der Waals surface area contributed by atoms with Crippen molar-refractivity contribution >= 4 is 14.1 Å². The lowest BCUT2D eigenvalue weighted by molar-refractivity contribution is 0.205. The molecule has 1 atom stereocenters. The Labute approximate surface area is 136 Å². The molecular weight excluding hydrogens is 284 g/mol. The monoisotopic (exact) mass is 312 g/mol. The summed E-state index contributed by atoms with van der Waals surface area (Å²) in [6, 6.07) is 9.96. The fraction of sp³-hybridized carbons (Fsp3) is 0.400. The first-order valence-electron chi connectivity index (χ1n) is 7.74. The molecule has 118 valence electrons. The number of allylic oxidation sites excluding steroid dienone is 1. The Hall–Kier alpha value is -1.56. The molecule has 1 unspecified atom stereocenters. The second kappa shape index (κ2) is 7.13. The molecule has 1 aromatic carbocycles. The number of rotatable bonds is 3. The minimum Gasteiger partial charge on any atom is -0.370 e. The molecule has 0 radical (unpaired) electrons. The Morgan fingerprint density at radius 3 is 2.14 bits per heavy atom. The van der Waals surface area contributed by atoms with Crippen LogP contribution in [0.2, 0.25) is 18.1 Å². The van der Waals surface area contributed by atoms with Crippen molar-refractivity contribution in [3.63, 3.8) is 0 Å². The zero-order valence-electron chi connectivity index (χ0n) is 14.6. The number of aliphatic hydroxyl groups is 1. The van der Waals surface area contributed by atoms with Crippen LogP contribution in [-0.4, -0.2) is 18.8 Å². The predicted octanol–water partition coefficient (Wildman–Crippen LogP) is 5.06. The Balaban J connectivity index is 3.11. The molecule has 1 aromatic rings. The molecule has 0 aliphatic carbocycles. The lowest BCUT2D eigenvalue weighted by atomic mass is 10.0. The maximum atomic E-state index is 10.8. The topological polar surface area (TPSA) is 20.2 Å². The zero-order valence-corrected chi connectivity index (χ0v) is 15.6. The van der Waals surface area contributed by atoms with Crippen LogP contribution < -0.4 is 0 Å². The van der Waals surface area contributed by atoms with E-state index in [0.717, 1.165) is 5.56 Å². The van der Waals surface area contributed by atoms with Gasteiger partial charge in [0.05, 0.1) is 0 Å². The van der Waals surface area contributed by atoms with Crippen molar-refractivity contribution in [3.8, 4) is 11.5 Å². The maximum Gasteiger partial charge on any atom is 0.162 e. The van der Waals surface area contributed by atoms with Crippen LogP contribution in [0.1, 0.15) is 33.3 Å². The van der Waals surface area contributed by atoms with E-state index in [0.29, 0.717) is 0 Å². The third kappa shape index (κ3) is 5.33. The van der Waals surface area contributed by atoms with Gasteiger partial charge in [0.1, 0.15) is 8.07 Å². The van der Waals surface area contributed by atoms with E-state index in [-0.39, 0.29) is 5.04 Å². The highest BCUT2D eigenvalue weighted by Gasteiger charge is 2.34. The quantitative estimate of drug-likeness (QED) is 0.470. The van der Waals surface area contributed by atoms with Crippen LogP contribution >= 0.6 is 0 Å². The summed E-state index contributed by atoms with van der Waals surface area (Å²) < 4.78 is 0. The van der Waals surface area contributed by atoms with Crippen molar-refractivity contribution in [1.82, 2.24) is 0 Å². The summed E-state index contributed by atoms with van der Waals surface area (Å²) >= 11 is 0. The first-order chi connectivity index (χ1) is 10.1. The van der Waals surface area contributed by atoms with Crippen LogP contribution in [0.5, 0.6) is 0 Å². The minimum absolute atomic E-state index is 0.181. The largest absolute Gasteiger partial charge is 0.370 e. The summed E-state index contributed by atoms with van der Waals surface area (Å²) in [6.45, 7) is 13.1. The van der Waals surface area contributed by atoms with Gasteiger partial charge in [-0.3, -0.25) is 0 Å². The number of hydrogen-bond donors (Lipinski definition) is 1. The Kier molecular flexibility index (Phi) is 5.99. The summed E-state index contributed by atoms with van der Waals surface area (Å²) in [7, 11) is -1.74. The molecule has 0 aromatic heterocycles. The first kappa shape index (κ1) is 18.5. The molecule has 1 N–H and O–H groups in total. The van der Waals surface area contributed by atoms with Gasteiger partial charge in [-0.25, -0.2) is 0 Å². The fourth-order valence-electron chi connectivity index (χ4n) is 1.62. The number of hydrogen-bond acceptors (Lipinski definition) is 1. The van der Waals surface area contributed by atoms with E-state index in [4.69, 9.17) is 0 Å². The summed E-state index contributed by atoms with van der Waals surface area (Å²) in [4.78, 5) is 0. The zero-order chi connectivity index (χ0) is 16.9. The molecule has 0 aliphatic rings. The summed E-state index contributed by atoms with van der Waals surface area (Å²) in [6.07, 6.45) is 7.27. The Morgan fingerprint density at radius 2 is 1.64 bits per heavy atom. The SMILES string of the molecule is C/C=C\C(O)(C#C[Si](C)(C)C(C)(C)C)/C=C/c1ccccc1. The smallest absolute Gasteiger partial charge is 0.162 e. The molecule has 0 bridgehead atoms. The first-order valence-corrected chi connectivity index (χ1v) is 10.7. The molecule has 0 fully saturated rings. The van der Waals surface area contributed by atoms with Gasteiger partial charge in [-0.15, -0.1) is 5.54 Å². The molecule has 0 aliphatic heterocycles. The summed E-state index contributed by atoms with van der Waals surface area (Å²) in [5.74, 6) is 3.11. The fourth-order valence-corrected chi connectivity index (χ4v) is 2.51. The van der Waals surface area contributed by atoms with Crippen molar-refractivity contribution in [2.24, 2.45) is 0 Å². The molecule has 2 heteroatoms. The van der Waals surface area contributed by atoms with Crippen molar-refractivity contribution in [2.45, 2.75) is 51.4 Å². The van der Waals surface area contributed by atoms with Crippen LogP contribution in [0.15, 0.2) is 48.6 Å².